The predicted molar refractivity (Wildman–Crippen MR) is 43.2 cm³/mol. The molecule has 1 unspecified atom stereocenters. The molecule has 0 radical (unpaired) electrons. The number of rotatable bonds is 2. The first-order chi connectivity index (χ1) is 5.81. The number of piperidine rings is 1. The van der Waals surface area contributed by atoms with Gasteiger partial charge in [-0.1, -0.05) is 0 Å². The van der Waals surface area contributed by atoms with Gasteiger partial charge in [0.1, 0.15) is 0 Å². The van der Waals surface area contributed by atoms with E-state index in [1.54, 1.807) is 0 Å². The summed E-state index contributed by atoms with van der Waals surface area (Å²) in [4.78, 5) is 18.3. The summed E-state index contributed by atoms with van der Waals surface area (Å²) in [5.74, 6) is 0.781. The minimum absolute atomic E-state index is 0.0460. The smallest absolute Gasteiger partial charge is 0.248 e. The van der Waals surface area contributed by atoms with Gasteiger partial charge in [0.2, 0.25) is 5.91 Å². The predicted octanol–water partition coefficient (Wildman–Crippen LogP) is -0.384. The number of nitrogens with one attached hydrogen (secondary N) is 1. The van der Waals surface area contributed by atoms with Crippen LogP contribution in [0.3, 0.4) is 0 Å². The first kappa shape index (κ1) is 8.01. The molecule has 0 aromatic heterocycles. The number of fused-ring (bicyclic) bond motifs is 2. The van der Waals surface area contributed by atoms with Gasteiger partial charge in [0, 0.05) is 13.1 Å². The minimum atomic E-state index is 0.0460. The van der Waals surface area contributed by atoms with Gasteiger partial charge in [-0.25, -0.2) is 5.48 Å². The SMILES string of the molecule is CONC(=O)[C@H]1CN2CC[C@H]1C2. The number of carbonyl (C=O) groups is 1. The monoisotopic (exact) mass is 170 g/mol. The van der Waals surface area contributed by atoms with Crippen LogP contribution in [-0.2, 0) is 9.63 Å². The number of nitrogens with zero attached hydrogens (tertiary/aromatic N) is 1. The summed E-state index contributed by atoms with van der Waals surface area (Å²) in [7, 11) is 1.48. The zero-order chi connectivity index (χ0) is 8.55. The van der Waals surface area contributed by atoms with Crippen LogP contribution in [0.1, 0.15) is 6.42 Å². The molecule has 0 aliphatic carbocycles. The van der Waals surface area contributed by atoms with Crippen LogP contribution in [0.15, 0.2) is 0 Å². The lowest BCUT2D eigenvalue weighted by Crippen LogP contribution is -2.37. The number of hydroxylamine groups is 1. The number of carbonyl (C=O) groups excluding carboxylic acids is 1. The average Bonchev–Trinajstić information content (AvgIpc) is 2.64. The standard InChI is InChI=1S/C8H14N2O2/c1-12-9-8(11)7-5-10-3-2-6(7)4-10/h6-7H,2-5H2,1H3,(H,9,11)/t6-,7-/m0/s1. The highest BCUT2D eigenvalue weighted by Gasteiger charge is 2.41. The molecule has 2 heterocycles. The van der Waals surface area contributed by atoms with E-state index in [1.165, 1.54) is 20.1 Å². The molecule has 0 saturated carbocycles. The largest absolute Gasteiger partial charge is 0.302 e. The third kappa shape index (κ3) is 1.21. The van der Waals surface area contributed by atoms with E-state index in [2.05, 4.69) is 15.2 Å². The summed E-state index contributed by atoms with van der Waals surface area (Å²) in [6, 6.07) is 0. The van der Waals surface area contributed by atoms with E-state index in [1.807, 2.05) is 0 Å². The van der Waals surface area contributed by atoms with Crippen molar-refractivity contribution in [1.29, 1.82) is 0 Å². The van der Waals surface area contributed by atoms with Crippen molar-refractivity contribution in [1.82, 2.24) is 10.4 Å². The van der Waals surface area contributed by atoms with Crippen molar-refractivity contribution in [3.05, 3.63) is 0 Å². The topological polar surface area (TPSA) is 41.6 Å². The molecule has 3 atom stereocenters. The van der Waals surface area contributed by atoms with E-state index < -0.39 is 0 Å². The second kappa shape index (κ2) is 3.03. The Bertz CT molecular complexity index is 195. The van der Waals surface area contributed by atoms with Crippen molar-refractivity contribution >= 4 is 5.91 Å². The third-order valence-corrected chi connectivity index (χ3v) is 2.87. The Morgan fingerprint density at radius 1 is 1.58 bits per heavy atom. The Balaban J connectivity index is 1.93. The van der Waals surface area contributed by atoms with E-state index in [0.29, 0.717) is 5.92 Å². The molecule has 1 amide bonds. The number of amides is 1. The van der Waals surface area contributed by atoms with Crippen LogP contribution in [0.4, 0.5) is 0 Å². The molecule has 0 aromatic carbocycles. The van der Waals surface area contributed by atoms with Crippen molar-refractivity contribution in [3.8, 4) is 0 Å². The van der Waals surface area contributed by atoms with Crippen LogP contribution < -0.4 is 5.48 Å². The fourth-order valence-corrected chi connectivity index (χ4v) is 2.26. The van der Waals surface area contributed by atoms with Crippen molar-refractivity contribution in [3.63, 3.8) is 0 Å². The fraction of sp³-hybridized carbons (Fsp3) is 0.875. The van der Waals surface area contributed by atoms with Crippen molar-refractivity contribution < 1.29 is 9.63 Å². The van der Waals surface area contributed by atoms with Gasteiger partial charge in [0.25, 0.3) is 0 Å². The maximum atomic E-state index is 11.4. The molecule has 2 fully saturated rings. The summed E-state index contributed by atoms with van der Waals surface area (Å²) in [5, 5.41) is 0. The molecule has 68 valence electrons. The molecule has 2 bridgehead atoms. The molecular weight excluding hydrogens is 156 g/mol. The van der Waals surface area contributed by atoms with E-state index >= 15 is 0 Å². The molecule has 1 N–H and O–H groups in total. The molecule has 12 heavy (non-hydrogen) atoms. The normalized spacial score (nSPS) is 38.6. The van der Waals surface area contributed by atoms with E-state index in [-0.39, 0.29) is 11.8 Å². The minimum Gasteiger partial charge on any atom is -0.302 e. The van der Waals surface area contributed by atoms with Crippen LogP contribution in [0.2, 0.25) is 0 Å². The van der Waals surface area contributed by atoms with Gasteiger partial charge in [-0.15, -0.1) is 0 Å². The number of hydrogen-bond acceptors (Lipinski definition) is 3. The maximum Gasteiger partial charge on any atom is 0.248 e. The molecule has 2 aliphatic rings. The van der Waals surface area contributed by atoms with Gasteiger partial charge in [-0.2, -0.15) is 0 Å². The highest BCUT2D eigenvalue weighted by molar-refractivity contribution is 5.78. The van der Waals surface area contributed by atoms with E-state index in [4.69, 9.17) is 0 Å². The van der Waals surface area contributed by atoms with Crippen molar-refractivity contribution in [2.45, 2.75) is 6.42 Å². The van der Waals surface area contributed by atoms with Crippen molar-refractivity contribution in [2.75, 3.05) is 26.7 Å². The Kier molecular flexibility index (Phi) is 2.02. The summed E-state index contributed by atoms with van der Waals surface area (Å²) in [6.07, 6.45) is 1.17. The average molecular weight is 170 g/mol. The van der Waals surface area contributed by atoms with Gasteiger partial charge in [-0.3, -0.25) is 9.63 Å². The lowest BCUT2D eigenvalue weighted by atomic mass is 9.92. The van der Waals surface area contributed by atoms with Gasteiger partial charge >= 0.3 is 0 Å². The molecule has 2 rings (SSSR count). The molecular formula is C8H14N2O2. The Labute approximate surface area is 71.8 Å². The quantitative estimate of drug-likeness (QED) is 0.574. The van der Waals surface area contributed by atoms with Gasteiger partial charge < -0.3 is 4.90 Å². The van der Waals surface area contributed by atoms with Crippen LogP contribution >= 0.6 is 0 Å². The van der Waals surface area contributed by atoms with Crippen LogP contribution in [0.5, 0.6) is 0 Å². The maximum absolute atomic E-state index is 11.4. The Morgan fingerprint density at radius 2 is 2.42 bits per heavy atom. The number of hydrogen-bond donors (Lipinski definition) is 1. The summed E-state index contributed by atoms with van der Waals surface area (Å²) < 4.78 is 0. The highest BCUT2D eigenvalue weighted by atomic mass is 16.6. The summed E-state index contributed by atoms with van der Waals surface area (Å²) >= 11 is 0. The first-order valence-electron chi connectivity index (χ1n) is 4.36. The second-order valence-corrected chi connectivity index (χ2v) is 3.59. The molecule has 4 nitrogen and oxygen atoms in total. The molecule has 0 spiro atoms. The first-order valence-corrected chi connectivity index (χ1v) is 4.36. The van der Waals surface area contributed by atoms with Gasteiger partial charge in [0.15, 0.2) is 0 Å². The van der Waals surface area contributed by atoms with Crippen LogP contribution in [0.25, 0.3) is 0 Å². The van der Waals surface area contributed by atoms with Gasteiger partial charge in [-0.05, 0) is 18.9 Å². The third-order valence-electron chi connectivity index (χ3n) is 2.87. The molecule has 2 saturated heterocycles. The lowest BCUT2D eigenvalue weighted by molar-refractivity contribution is -0.136. The second-order valence-electron chi connectivity index (χ2n) is 3.59. The van der Waals surface area contributed by atoms with E-state index in [0.717, 1.165) is 13.1 Å². The Hall–Kier alpha value is -0.610. The molecule has 2 aliphatic heterocycles. The van der Waals surface area contributed by atoms with Crippen LogP contribution in [-0.4, -0.2) is 37.6 Å². The summed E-state index contributed by atoms with van der Waals surface area (Å²) in [6.45, 7) is 3.18. The summed E-state index contributed by atoms with van der Waals surface area (Å²) in [5.41, 5.74) is 2.41. The molecule has 4 heteroatoms. The van der Waals surface area contributed by atoms with Crippen LogP contribution in [0, 0.1) is 11.8 Å². The van der Waals surface area contributed by atoms with E-state index in [9.17, 15) is 4.79 Å². The highest BCUT2D eigenvalue weighted by Crippen LogP contribution is 2.32. The lowest BCUT2D eigenvalue weighted by Gasteiger charge is -2.20. The zero-order valence-electron chi connectivity index (χ0n) is 7.25. The zero-order valence-corrected chi connectivity index (χ0v) is 7.25. The fourth-order valence-electron chi connectivity index (χ4n) is 2.26. The Morgan fingerprint density at radius 3 is 2.92 bits per heavy atom. The van der Waals surface area contributed by atoms with Crippen molar-refractivity contribution in [2.24, 2.45) is 11.8 Å². The van der Waals surface area contributed by atoms with Gasteiger partial charge in [0.05, 0.1) is 13.0 Å². The molecule has 0 aromatic rings.